The van der Waals surface area contributed by atoms with Gasteiger partial charge in [-0.2, -0.15) is 13.2 Å². The van der Waals surface area contributed by atoms with Gasteiger partial charge in [-0.1, -0.05) is 19.1 Å². The largest absolute Gasteiger partial charge is 0.418 e. The number of carbonyl (C=O) groups excluding carboxylic acids is 1. The van der Waals surface area contributed by atoms with Crippen molar-refractivity contribution < 1.29 is 18.0 Å². The molecule has 0 spiro atoms. The van der Waals surface area contributed by atoms with Crippen molar-refractivity contribution in [2.24, 2.45) is 0 Å². The third-order valence-electron chi connectivity index (χ3n) is 3.04. The Labute approximate surface area is 131 Å². The van der Waals surface area contributed by atoms with E-state index in [2.05, 4.69) is 15.6 Å². The van der Waals surface area contributed by atoms with Gasteiger partial charge in [0, 0.05) is 18.4 Å². The number of anilines is 2. The fourth-order valence-corrected chi connectivity index (χ4v) is 1.96. The monoisotopic (exact) mass is 323 g/mol. The number of nitrogens with zero attached hydrogens (tertiary/aromatic N) is 1. The van der Waals surface area contributed by atoms with Crippen LogP contribution < -0.4 is 10.6 Å². The number of halogens is 3. The lowest BCUT2D eigenvalue weighted by Crippen LogP contribution is -2.24. The van der Waals surface area contributed by atoms with E-state index < -0.39 is 11.7 Å². The van der Waals surface area contributed by atoms with Crippen molar-refractivity contribution in [3.8, 4) is 0 Å². The maximum atomic E-state index is 13.0. The summed E-state index contributed by atoms with van der Waals surface area (Å²) in [6, 6.07) is 8.08. The predicted molar refractivity (Wildman–Crippen MR) is 81.6 cm³/mol. The number of hydrogen-bond acceptors (Lipinski definition) is 3. The molecule has 1 aromatic carbocycles. The van der Waals surface area contributed by atoms with Gasteiger partial charge < -0.3 is 10.6 Å². The van der Waals surface area contributed by atoms with Crippen molar-refractivity contribution in [2.45, 2.75) is 19.5 Å². The second-order valence-corrected chi connectivity index (χ2v) is 4.85. The molecule has 122 valence electrons. The molecule has 0 aliphatic rings. The molecule has 0 fully saturated rings. The Morgan fingerprint density at radius 1 is 1.22 bits per heavy atom. The number of para-hydroxylation sites is 1. The molecule has 23 heavy (non-hydrogen) atoms. The second kappa shape index (κ2) is 7.13. The second-order valence-electron chi connectivity index (χ2n) is 4.85. The molecule has 0 radical (unpaired) electrons. The molecule has 4 nitrogen and oxygen atoms in total. The van der Waals surface area contributed by atoms with Gasteiger partial charge in [0.25, 0.3) is 5.91 Å². The zero-order valence-electron chi connectivity index (χ0n) is 12.4. The molecule has 0 atom stereocenters. The summed E-state index contributed by atoms with van der Waals surface area (Å²) in [5, 5.41) is 5.36. The van der Waals surface area contributed by atoms with Gasteiger partial charge in [0.1, 0.15) is 5.69 Å². The van der Waals surface area contributed by atoms with Gasteiger partial charge in [0.05, 0.1) is 11.3 Å². The molecule has 0 aliphatic heterocycles. The van der Waals surface area contributed by atoms with Crippen molar-refractivity contribution in [1.29, 1.82) is 0 Å². The molecule has 1 amide bonds. The average Bonchev–Trinajstić information content (AvgIpc) is 2.52. The Morgan fingerprint density at radius 2 is 1.96 bits per heavy atom. The average molecular weight is 323 g/mol. The minimum absolute atomic E-state index is 0.0777. The molecule has 2 N–H and O–H groups in total. The number of hydrogen-bond donors (Lipinski definition) is 2. The highest BCUT2D eigenvalue weighted by Crippen LogP contribution is 2.35. The molecule has 0 unspecified atom stereocenters. The molecule has 0 saturated carbocycles. The highest BCUT2D eigenvalue weighted by molar-refractivity contribution is 5.93. The fraction of sp³-hybridized carbons (Fsp3) is 0.250. The summed E-state index contributed by atoms with van der Waals surface area (Å²) >= 11 is 0. The summed E-state index contributed by atoms with van der Waals surface area (Å²) in [5.74, 6) is -0.361. The van der Waals surface area contributed by atoms with Crippen molar-refractivity contribution in [2.75, 3.05) is 11.9 Å². The van der Waals surface area contributed by atoms with Gasteiger partial charge in [-0.05, 0) is 30.7 Å². The predicted octanol–water partition coefficient (Wildman–Crippen LogP) is 3.98. The summed E-state index contributed by atoms with van der Waals surface area (Å²) in [4.78, 5) is 15.8. The Balaban J connectivity index is 2.23. The molecule has 1 aromatic heterocycles. The van der Waals surface area contributed by atoms with Crippen LogP contribution in [0.2, 0.25) is 0 Å². The van der Waals surface area contributed by atoms with Gasteiger partial charge in [-0.25, -0.2) is 0 Å². The van der Waals surface area contributed by atoms with Crippen LogP contribution in [0.1, 0.15) is 29.4 Å². The molecular weight excluding hydrogens is 307 g/mol. The van der Waals surface area contributed by atoms with E-state index in [4.69, 9.17) is 0 Å². The van der Waals surface area contributed by atoms with E-state index in [-0.39, 0.29) is 17.3 Å². The lowest BCUT2D eigenvalue weighted by molar-refractivity contribution is -0.136. The van der Waals surface area contributed by atoms with Crippen molar-refractivity contribution in [1.82, 2.24) is 10.3 Å². The van der Waals surface area contributed by atoms with Gasteiger partial charge >= 0.3 is 6.18 Å². The zero-order chi connectivity index (χ0) is 16.9. The molecule has 7 heteroatoms. The summed E-state index contributed by atoms with van der Waals surface area (Å²) in [6.07, 6.45) is -2.31. The highest BCUT2D eigenvalue weighted by atomic mass is 19.4. The quantitative estimate of drug-likeness (QED) is 0.875. The highest BCUT2D eigenvalue weighted by Gasteiger charge is 2.33. The Morgan fingerprint density at radius 3 is 2.65 bits per heavy atom. The normalized spacial score (nSPS) is 11.1. The van der Waals surface area contributed by atoms with Crippen LogP contribution in [0.25, 0.3) is 0 Å². The third-order valence-corrected chi connectivity index (χ3v) is 3.04. The van der Waals surface area contributed by atoms with Crippen molar-refractivity contribution >= 4 is 17.3 Å². The first-order valence-electron chi connectivity index (χ1n) is 7.09. The number of alkyl halides is 3. The number of pyridine rings is 1. The molecule has 0 bridgehead atoms. The van der Waals surface area contributed by atoms with Crippen molar-refractivity contribution in [3.63, 3.8) is 0 Å². The van der Waals surface area contributed by atoms with Crippen LogP contribution in [0.3, 0.4) is 0 Å². The Kier molecular flexibility index (Phi) is 5.20. The van der Waals surface area contributed by atoms with Crippen LogP contribution in [0.4, 0.5) is 24.5 Å². The molecular formula is C16H16F3N3O. The first kappa shape index (κ1) is 16.8. The summed E-state index contributed by atoms with van der Waals surface area (Å²) in [6.45, 7) is 2.43. The van der Waals surface area contributed by atoms with E-state index in [9.17, 15) is 18.0 Å². The number of amides is 1. The minimum Gasteiger partial charge on any atom is -0.355 e. The summed E-state index contributed by atoms with van der Waals surface area (Å²) in [7, 11) is 0. The van der Waals surface area contributed by atoms with Crippen LogP contribution >= 0.6 is 0 Å². The number of carbonyl (C=O) groups is 1. The maximum absolute atomic E-state index is 13.0. The van der Waals surface area contributed by atoms with Gasteiger partial charge in [-0.3, -0.25) is 9.78 Å². The smallest absolute Gasteiger partial charge is 0.355 e. The SMILES string of the molecule is CCCNC(=O)c1cc(Nc2ccccc2C(F)(F)F)ccn1. The lowest BCUT2D eigenvalue weighted by atomic mass is 10.1. The van der Waals surface area contributed by atoms with Gasteiger partial charge in [0.2, 0.25) is 0 Å². The van der Waals surface area contributed by atoms with Gasteiger partial charge in [-0.15, -0.1) is 0 Å². The number of rotatable bonds is 5. The molecule has 2 aromatic rings. The molecule has 0 aliphatic carbocycles. The van der Waals surface area contributed by atoms with Crippen LogP contribution in [0.5, 0.6) is 0 Å². The van der Waals surface area contributed by atoms with E-state index in [1.165, 1.54) is 36.5 Å². The zero-order valence-corrected chi connectivity index (χ0v) is 12.4. The number of benzene rings is 1. The van der Waals surface area contributed by atoms with E-state index in [1.807, 2.05) is 6.92 Å². The Bertz CT molecular complexity index is 686. The van der Waals surface area contributed by atoms with E-state index >= 15 is 0 Å². The number of aromatic nitrogens is 1. The maximum Gasteiger partial charge on any atom is 0.418 e. The fourth-order valence-electron chi connectivity index (χ4n) is 1.96. The standard InChI is InChI=1S/C16H16F3N3O/c1-2-8-21-15(23)14-10-11(7-9-20-14)22-13-6-4-3-5-12(13)16(17,18)19/h3-7,9-10H,2,8H2,1H3,(H,20,22)(H,21,23). The van der Waals surface area contributed by atoms with Gasteiger partial charge in [0.15, 0.2) is 0 Å². The van der Waals surface area contributed by atoms with Crippen LogP contribution in [-0.4, -0.2) is 17.4 Å². The first-order valence-corrected chi connectivity index (χ1v) is 7.09. The summed E-state index contributed by atoms with van der Waals surface area (Å²) in [5.41, 5.74) is -0.341. The Hall–Kier alpha value is -2.57. The third kappa shape index (κ3) is 4.45. The van der Waals surface area contributed by atoms with Crippen molar-refractivity contribution in [3.05, 3.63) is 53.9 Å². The first-order chi connectivity index (χ1) is 10.9. The molecule has 2 rings (SSSR count). The number of nitrogens with one attached hydrogen (secondary N) is 2. The van der Waals surface area contributed by atoms with E-state index in [0.717, 1.165) is 12.5 Å². The van der Waals surface area contributed by atoms with Crippen LogP contribution in [-0.2, 0) is 6.18 Å². The molecule has 0 saturated heterocycles. The van der Waals surface area contributed by atoms with Crippen LogP contribution in [0.15, 0.2) is 42.6 Å². The molecule has 1 heterocycles. The summed E-state index contributed by atoms with van der Waals surface area (Å²) < 4.78 is 38.9. The van der Waals surface area contributed by atoms with Crippen LogP contribution in [0, 0.1) is 0 Å². The topological polar surface area (TPSA) is 54.0 Å². The van der Waals surface area contributed by atoms with E-state index in [0.29, 0.717) is 12.2 Å². The minimum atomic E-state index is -4.46. The van der Waals surface area contributed by atoms with E-state index in [1.54, 1.807) is 0 Å². The lowest BCUT2D eigenvalue weighted by Gasteiger charge is -2.14.